The molecule has 0 atom stereocenters. The normalized spacial score (nSPS) is 11.4. The molecular formula is C14H9N3O6S2. The van der Waals surface area contributed by atoms with Crippen LogP contribution in [0.15, 0.2) is 47.4 Å². The van der Waals surface area contributed by atoms with Crippen LogP contribution in [-0.2, 0) is 10.0 Å². The Morgan fingerprint density at radius 1 is 1.24 bits per heavy atom. The van der Waals surface area contributed by atoms with Crippen molar-refractivity contribution in [2.24, 2.45) is 0 Å². The lowest BCUT2D eigenvalue weighted by atomic mass is 10.2. The molecule has 3 aromatic rings. The number of hydrogen-bond acceptors (Lipinski definition) is 7. The second kappa shape index (κ2) is 6.11. The van der Waals surface area contributed by atoms with Crippen LogP contribution in [0.4, 0.5) is 10.8 Å². The van der Waals surface area contributed by atoms with Gasteiger partial charge in [0.15, 0.2) is 5.13 Å². The number of nitrogens with one attached hydrogen (secondary N) is 1. The van der Waals surface area contributed by atoms with Gasteiger partial charge in [0.25, 0.3) is 15.7 Å². The number of carboxylic acids is 1. The fourth-order valence-electron chi connectivity index (χ4n) is 2.04. The number of aromatic nitrogens is 1. The summed E-state index contributed by atoms with van der Waals surface area (Å²) in [5, 5.41) is 19.8. The van der Waals surface area contributed by atoms with Gasteiger partial charge in [0.2, 0.25) is 0 Å². The fourth-order valence-corrected chi connectivity index (χ4v) is 4.22. The molecular weight excluding hydrogens is 370 g/mol. The summed E-state index contributed by atoms with van der Waals surface area (Å²) in [4.78, 5) is 24.9. The maximum Gasteiger partial charge on any atom is 0.335 e. The average molecular weight is 379 g/mol. The number of benzene rings is 2. The Morgan fingerprint density at radius 2 is 2.00 bits per heavy atom. The first-order valence-electron chi connectivity index (χ1n) is 6.67. The highest BCUT2D eigenvalue weighted by molar-refractivity contribution is 7.93. The second-order valence-corrected chi connectivity index (χ2v) is 7.58. The number of nitro benzene ring substituents is 1. The first-order chi connectivity index (χ1) is 11.8. The molecule has 11 heteroatoms. The third kappa shape index (κ3) is 3.41. The smallest absolute Gasteiger partial charge is 0.335 e. The summed E-state index contributed by atoms with van der Waals surface area (Å²) in [7, 11) is -4.07. The number of nitro groups is 1. The monoisotopic (exact) mass is 379 g/mol. The predicted octanol–water partition coefficient (Wildman–Crippen LogP) is 2.70. The zero-order valence-electron chi connectivity index (χ0n) is 12.2. The summed E-state index contributed by atoms with van der Waals surface area (Å²) >= 11 is 0.962. The maximum absolute atomic E-state index is 12.4. The summed E-state index contributed by atoms with van der Waals surface area (Å²) < 4.78 is 27.5. The number of hydrogen-bond donors (Lipinski definition) is 2. The van der Waals surface area contributed by atoms with Crippen LogP contribution >= 0.6 is 11.3 Å². The molecule has 0 saturated heterocycles. The molecule has 0 unspecified atom stereocenters. The summed E-state index contributed by atoms with van der Waals surface area (Å²) in [6.45, 7) is 0. The van der Waals surface area contributed by atoms with E-state index in [9.17, 15) is 23.3 Å². The molecule has 0 spiro atoms. The van der Waals surface area contributed by atoms with Crippen molar-refractivity contribution in [3.63, 3.8) is 0 Å². The molecule has 0 aliphatic heterocycles. The largest absolute Gasteiger partial charge is 0.478 e. The first-order valence-corrected chi connectivity index (χ1v) is 8.97. The molecule has 1 heterocycles. The number of carbonyl (C=O) groups is 1. The highest BCUT2D eigenvalue weighted by atomic mass is 32.2. The van der Waals surface area contributed by atoms with Gasteiger partial charge < -0.3 is 5.11 Å². The van der Waals surface area contributed by atoms with Gasteiger partial charge >= 0.3 is 5.97 Å². The van der Waals surface area contributed by atoms with Crippen molar-refractivity contribution in [2.45, 2.75) is 4.90 Å². The van der Waals surface area contributed by atoms with Crippen molar-refractivity contribution in [1.82, 2.24) is 4.98 Å². The standard InChI is InChI=1S/C14H9N3O6S2/c18-13(19)8-4-5-11-12(6-8)24-14(15-11)16-25(22,23)10-3-1-2-9(7-10)17(20)21/h1-7H,(H,15,16)(H,18,19). The van der Waals surface area contributed by atoms with Crippen LogP contribution in [0.1, 0.15) is 10.4 Å². The quantitative estimate of drug-likeness (QED) is 0.513. The fraction of sp³-hybridized carbons (Fsp3) is 0. The number of fused-ring (bicyclic) bond motifs is 1. The van der Waals surface area contributed by atoms with E-state index in [1.54, 1.807) is 0 Å². The number of aromatic carboxylic acids is 1. The molecule has 2 N–H and O–H groups in total. The molecule has 0 bridgehead atoms. The lowest BCUT2D eigenvalue weighted by Crippen LogP contribution is -2.12. The topological polar surface area (TPSA) is 140 Å². The van der Waals surface area contributed by atoms with Crippen LogP contribution in [0.5, 0.6) is 0 Å². The molecule has 0 amide bonds. The van der Waals surface area contributed by atoms with Crippen molar-refractivity contribution in [1.29, 1.82) is 0 Å². The van der Waals surface area contributed by atoms with Gasteiger partial charge in [0.1, 0.15) is 0 Å². The number of thiazole rings is 1. The molecule has 1 aromatic heterocycles. The van der Waals surface area contributed by atoms with E-state index in [1.165, 1.54) is 36.4 Å². The Kier molecular flexibility index (Phi) is 4.10. The number of rotatable bonds is 5. The minimum atomic E-state index is -4.07. The van der Waals surface area contributed by atoms with Crippen LogP contribution in [0, 0.1) is 10.1 Å². The SMILES string of the molecule is O=C(O)c1ccc2nc(NS(=O)(=O)c3cccc([N+](=O)[O-])c3)sc2c1. The number of anilines is 1. The van der Waals surface area contributed by atoms with Crippen molar-refractivity contribution in [3.8, 4) is 0 Å². The third-order valence-corrected chi connectivity index (χ3v) is 5.60. The minimum Gasteiger partial charge on any atom is -0.478 e. The molecule has 0 aliphatic rings. The van der Waals surface area contributed by atoms with Crippen LogP contribution in [0.3, 0.4) is 0 Å². The first kappa shape index (κ1) is 16.8. The summed E-state index contributed by atoms with van der Waals surface area (Å²) in [5.41, 5.74) is 0.147. The van der Waals surface area contributed by atoms with Crippen LogP contribution in [0.25, 0.3) is 10.2 Å². The van der Waals surface area contributed by atoms with Crippen molar-refractivity contribution in [3.05, 3.63) is 58.1 Å². The molecule has 0 aliphatic carbocycles. The molecule has 2 aromatic carbocycles. The van der Waals surface area contributed by atoms with E-state index in [4.69, 9.17) is 5.11 Å². The van der Waals surface area contributed by atoms with Crippen LogP contribution in [-0.4, -0.2) is 29.4 Å². The average Bonchev–Trinajstić information content (AvgIpc) is 2.95. The van der Waals surface area contributed by atoms with E-state index in [1.807, 2.05) is 0 Å². The zero-order chi connectivity index (χ0) is 18.2. The Hall–Kier alpha value is -3.05. The van der Waals surface area contributed by atoms with Crippen molar-refractivity contribution < 1.29 is 23.2 Å². The number of sulfonamides is 1. The van der Waals surface area contributed by atoms with E-state index < -0.39 is 20.9 Å². The Labute approximate surface area is 144 Å². The van der Waals surface area contributed by atoms with Gasteiger partial charge in [-0.3, -0.25) is 14.8 Å². The summed E-state index contributed by atoms with van der Waals surface area (Å²) in [6, 6.07) is 8.85. The lowest BCUT2D eigenvalue weighted by molar-refractivity contribution is -0.385. The molecule has 0 radical (unpaired) electrons. The summed E-state index contributed by atoms with van der Waals surface area (Å²) in [6.07, 6.45) is 0. The van der Waals surface area contributed by atoms with E-state index in [0.717, 1.165) is 17.4 Å². The van der Waals surface area contributed by atoms with Gasteiger partial charge in [-0.05, 0) is 24.3 Å². The Morgan fingerprint density at radius 3 is 2.68 bits per heavy atom. The molecule has 128 valence electrons. The third-order valence-electron chi connectivity index (χ3n) is 3.20. The maximum atomic E-state index is 12.4. The predicted molar refractivity (Wildman–Crippen MR) is 90.5 cm³/mol. The second-order valence-electron chi connectivity index (χ2n) is 4.87. The Balaban J connectivity index is 1.95. The van der Waals surface area contributed by atoms with Crippen LogP contribution < -0.4 is 4.72 Å². The molecule has 25 heavy (non-hydrogen) atoms. The van der Waals surface area contributed by atoms with E-state index >= 15 is 0 Å². The van der Waals surface area contributed by atoms with E-state index in [-0.39, 0.29) is 21.3 Å². The van der Waals surface area contributed by atoms with Gasteiger partial charge in [-0.1, -0.05) is 17.4 Å². The van der Waals surface area contributed by atoms with Crippen LogP contribution in [0.2, 0.25) is 0 Å². The molecule has 9 nitrogen and oxygen atoms in total. The molecule has 0 fully saturated rings. The number of non-ortho nitro benzene ring substituents is 1. The molecule has 0 saturated carbocycles. The Bertz CT molecular complexity index is 1110. The van der Waals surface area contributed by atoms with Gasteiger partial charge in [-0.15, -0.1) is 0 Å². The number of nitrogens with zero attached hydrogens (tertiary/aromatic N) is 2. The van der Waals surface area contributed by atoms with E-state index in [0.29, 0.717) is 10.2 Å². The van der Waals surface area contributed by atoms with Gasteiger partial charge in [-0.2, -0.15) is 0 Å². The number of carboxylic acid groups (broad SMARTS) is 1. The lowest BCUT2D eigenvalue weighted by Gasteiger charge is -2.04. The zero-order valence-corrected chi connectivity index (χ0v) is 13.9. The van der Waals surface area contributed by atoms with Gasteiger partial charge in [0.05, 0.1) is 25.6 Å². The minimum absolute atomic E-state index is 0.0315. The van der Waals surface area contributed by atoms with Crippen molar-refractivity contribution >= 4 is 48.4 Å². The highest BCUT2D eigenvalue weighted by Gasteiger charge is 2.19. The van der Waals surface area contributed by atoms with Gasteiger partial charge in [0, 0.05) is 12.1 Å². The van der Waals surface area contributed by atoms with Gasteiger partial charge in [-0.25, -0.2) is 18.2 Å². The van der Waals surface area contributed by atoms with Crippen molar-refractivity contribution in [2.75, 3.05) is 4.72 Å². The van der Waals surface area contributed by atoms with E-state index in [2.05, 4.69) is 9.71 Å². The summed E-state index contributed by atoms with van der Waals surface area (Å²) in [5.74, 6) is -1.10. The molecule has 3 rings (SSSR count). The highest BCUT2D eigenvalue weighted by Crippen LogP contribution is 2.29.